The summed E-state index contributed by atoms with van der Waals surface area (Å²) in [7, 11) is 0. The molecule has 0 atom stereocenters. The van der Waals surface area contributed by atoms with Gasteiger partial charge in [-0.15, -0.1) is 0 Å². The van der Waals surface area contributed by atoms with E-state index in [1.165, 1.54) is 0 Å². The number of carbonyl (C=O) groups excluding carboxylic acids is 3. The van der Waals surface area contributed by atoms with Gasteiger partial charge in [-0.2, -0.15) is 0 Å². The number of fused-ring (bicyclic) bond motifs is 4. The Balaban J connectivity index is 1.40. The Hall–Kier alpha value is -6.02. The molecule has 1 aromatic heterocycles. The van der Waals surface area contributed by atoms with E-state index in [0.717, 1.165) is 49.4 Å². The van der Waals surface area contributed by atoms with E-state index in [-0.39, 0.29) is 41.4 Å². The maximum atomic E-state index is 14.6. The molecule has 0 saturated heterocycles. The second-order valence-electron chi connectivity index (χ2n) is 17.7. The van der Waals surface area contributed by atoms with Crippen molar-refractivity contribution >= 4 is 56.6 Å². The van der Waals surface area contributed by atoms with Gasteiger partial charge in [0.2, 0.25) is 11.8 Å². The summed E-state index contributed by atoms with van der Waals surface area (Å²) in [6.07, 6.45) is 0.534. The summed E-state index contributed by atoms with van der Waals surface area (Å²) in [5.41, 5.74) is 5.44. The van der Waals surface area contributed by atoms with E-state index in [2.05, 4.69) is 119 Å². The number of carbonyl (C=O) groups is 3. The fraction of sp³-hybridized carbons (Fsp3) is 0.306. The van der Waals surface area contributed by atoms with Gasteiger partial charge in [0.15, 0.2) is 0 Å². The molecule has 1 aliphatic heterocycles. The molecule has 7 rings (SSSR count). The summed E-state index contributed by atoms with van der Waals surface area (Å²) in [6.45, 7) is 20.9. The SMILES string of the molecule is CCC(=O)Nc1cc(-c2cc(C(C)(C)C)cc3c2Oc2c(C(=O)Nc4ccc5cc6ccccc6cc5c4)cc(C(C)(C)C)cc2C3(C)C)cc(NC(=O)CC)n1. The first-order valence-corrected chi connectivity index (χ1v) is 19.8. The number of anilines is 3. The number of ether oxygens (including phenoxy) is 1. The van der Waals surface area contributed by atoms with Gasteiger partial charge in [0, 0.05) is 40.6 Å². The highest BCUT2D eigenvalue weighted by atomic mass is 16.5. The van der Waals surface area contributed by atoms with Crippen LogP contribution in [0.2, 0.25) is 0 Å². The van der Waals surface area contributed by atoms with Crippen LogP contribution in [-0.4, -0.2) is 22.7 Å². The summed E-state index contributed by atoms with van der Waals surface area (Å²) in [5.74, 6) is 1.04. The van der Waals surface area contributed by atoms with Gasteiger partial charge in [-0.3, -0.25) is 14.4 Å². The van der Waals surface area contributed by atoms with Gasteiger partial charge in [0.25, 0.3) is 5.91 Å². The van der Waals surface area contributed by atoms with Crippen molar-refractivity contribution in [1.29, 1.82) is 0 Å². The van der Waals surface area contributed by atoms with Crippen molar-refractivity contribution in [2.24, 2.45) is 0 Å². The van der Waals surface area contributed by atoms with E-state index in [1.54, 1.807) is 13.8 Å². The second-order valence-corrected chi connectivity index (χ2v) is 17.7. The lowest BCUT2D eigenvalue weighted by Gasteiger charge is -2.39. The van der Waals surface area contributed by atoms with Crippen molar-refractivity contribution in [3.05, 3.63) is 119 Å². The van der Waals surface area contributed by atoms with Gasteiger partial charge in [0.1, 0.15) is 23.1 Å². The van der Waals surface area contributed by atoms with Crippen molar-refractivity contribution in [2.75, 3.05) is 16.0 Å². The van der Waals surface area contributed by atoms with Crippen LogP contribution in [0.5, 0.6) is 11.5 Å². The minimum atomic E-state index is -0.606. The van der Waals surface area contributed by atoms with E-state index in [9.17, 15) is 14.4 Å². The van der Waals surface area contributed by atoms with Crippen LogP contribution in [-0.2, 0) is 25.8 Å². The lowest BCUT2D eigenvalue weighted by molar-refractivity contribution is -0.116. The lowest BCUT2D eigenvalue weighted by Crippen LogP contribution is -2.29. The highest BCUT2D eigenvalue weighted by Crippen LogP contribution is 2.54. The van der Waals surface area contributed by atoms with Crippen LogP contribution in [0.4, 0.5) is 17.3 Å². The first-order chi connectivity index (χ1) is 26.8. The molecule has 2 heterocycles. The number of pyridine rings is 1. The quantitative estimate of drug-likeness (QED) is 0.140. The molecule has 8 nitrogen and oxygen atoms in total. The van der Waals surface area contributed by atoms with E-state index in [0.29, 0.717) is 39.9 Å². The van der Waals surface area contributed by atoms with Crippen molar-refractivity contribution in [3.8, 4) is 22.6 Å². The number of amides is 3. The molecule has 0 radical (unpaired) electrons. The van der Waals surface area contributed by atoms with Crippen LogP contribution in [0.3, 0.4) is 0 Å². The van der Waals surface area contributed by atoms with E-state index in [1.807, 2.05) is 48.5 Å². The Morgan fingerprint density at radius 2 is 1.14 bits per heavy atom. The largest absolute Gasteiger partial charge is 0.455 e. The molecule has 292 valence electrons. The van der Waals surface area contributed by atoms with Crippen molar-refractivity contribution < 1.29 is 19.1 Å². The number of benzene rings is 5. The summed E-state index contributed by atoms with van der Waals surface area (Å²) < 4.78 is 7.07. The van der Waals surface area contributed by atoms with Crippen LogP contribution in [0.1, 0.15) is 115 Å². The fourth-order valence-corrected chi connectivity index (χ4v) is 7.40. The highest BCUT2D eigenvalue weighted by Gasteiger charge is 2.40. The number of aromatic nitrogens is 1. The number of hydrogen-bond acceptors (Lipinski definition) is 5. The predicted molar refractivity (Wildman–Crippen MR) is 233 cm³/mol. The third-order valence-corrected chi connectivity index (χ3v) is 11.0. The molecule has 0 bridgehead atoms. The highest BCUT2D eigenvalue weighted by molar-refractivity contribution is 6.08. The van der Waals surface area contributed by atoms with Crippen LogP contribution < -0.4 is 20.7 Å². The molecule has 0 unspecified atom stereocenters. The van der Waals surface area contributed by atoms with Crippen LogP contribution in [0.25, 0.3) is 32.7 Å². The molecule has 3 N–H and O–H groups in total. The number of nitrogens with zero attached hydrogens (tertiary/aromatic N) is 1. The van der Waals surface area contributed by atoms with E-state index in [4.69, 9.17) is 4.74 Å². The van der Waals surface area contributed by atoms with Crippen molar-refractivity contribution in [1.82, 2.24) is 4.98 Å². The molecule has 0 saturated carbocycles. The summed E-state index contributed by atoms with van der Waals surface area (Å²) >= 11 is 0. The Bertz CT molecular complexity index is 2570. The Kier molecular flexibility index (Phi) is 9.97. The molecular weight excluding hydrogens is 709 g/mol. The predicted octanol–water partition coefficient (Wildman–Crippen LogP) is 12.0. The number of hydrogen-bond donors (Lipinski definition) is 3. The van der Waals surface area contributed by atoms with Gasteiger partial charge < -0.3 is 20.7 Å². The molecule has 5 aromatic carbocycles. The van der Waals surface area contributed by atoms with Crippen LogP contribution >= 0.6 is 0 Å². The Labute approximate surface area is 335 Å². The lowest BCUT2D eigenvalue weighted by atomic mass is 9.70. The standard InChI is InChI=1S/C49H52N4O4/c1-11-42(54)52-40-22-32(23-41(51-40)53-43(55)12-2)36-24-33(47(3,4)5)26-38-44(36)57-45-37(25-34(48(6,7)8)27-39(45)49(38,9)10)46(56)50-35-18-17-30-19-28-15-13-14-16-29(28)20-31(30)21-35/h13-27H,11-12H2,1-10H3,(H,50,56)(H2,51,52,53,54,55). The zero-order chi connectivity index (χ0) is 41.0. The minimum absolute atomic E-state index is 0.200. The summed E-state index contributed by atoms with van der Waals surface area (Å²) in [5, 5.41) is 13.4. The average molecular weight is 761 g/mol. The van der Waals surface area contributed by atoms with Gasteiger partial charge in [0.05, 0.1) is 5.56 Å². The van der Waals surface area contributed by atoms with Crippen molar-refractivity contribution in [2.45, 2.75) is 98.3 Å². The van der Waals surface area contributed by atoms with Gasteiger partial charge in [-0.05, 0) is 97.6 Å². The third-order valence-electron chi connectivity index (χ3n) is 11.0. The monoisotopic (exact) mass is 760 g/mol. The molecule has 8 heteroatoms. The minimum Gasteiger partial charge on any atom is -0.455 e. The first-order valence-electron chi connectivity index (χ1n) is 19.8. The zero-order valence-corrected chi connectivity index (χ0v) is 34.7. The first kappa shape index (κ1) is 39.2. The topological polar surface area (TPSA) is 109 Å². The molecular formula is C49H52N4O4. The third kappa shape index (κ3) is 7.73. The zero-order valence-electron chi connectivity index (χ0n) is 34.7. The Morgan fingerprint density at radius 1 is 0.614 bits per heavy atom. The normalized spacial score (nSPS) is 13.4. The molecule has 0 fully saturated rings. The van der Waals surface area contributed by atoms with Crippen LogP contribution in [0, 0.1) is 0 Å². The Morgan fingerprint density at radius 3 is 1.70 bits per heavy atom. The van der Waals surface area contributed by atoms with Gasteiger partial charge >= 0.3 is 0 Å². The molecule has 6 aromatic rings. The molecule has 57 heavy (non-hydrogen) atoms. The summed E-state index contributed by atoms with van der Waals surface area (Å²) in [6, 6.07) is 30.6. The molecule has 0 aliphatic carbocycles. The maximum absolute atomic E-state index is 14.6. The average Bonchev–Trinajstić information content (AvgIpc) is 3.15. The number of nitrogens with one attached hydrogen (secondary N) is 3. The van der Waals surface area contributed by atoms with Crippen molar-refractivity contribution in [3.63, 3.8) is 0 Å². The number of rotatable bonds is 7. The molecule has 0 spiro atoms. The molecule has 1 aliphatic rings. The van der Waals surface area contributed by atoms with E-state index < -0.39 is 5.41 Å². The van der Waals surface area contributed by atoms with Crippen LogP contribution in [0.15, 0.2) is 91.0 Å². The summed E-state index contributed by atoms with van der Waals surface area (Å²) in [4.78, 5) is 44.4. The van der Waals surface area contributed by atoms with E-state index >= 15 is 0 Å². The van der Waals surface area contributed by atoms with Gasteiger partial charge in [-0.1, -0.05) is 112 Å². The fourth-order valence-electron chi connectivity index (χ4n) is 7.40. The maximum Gasteiger partial charge on any atom is 0.259 e. The smallest absolute Gasteiger partial charge is 0.259 e. The second kappa shape index (κ2) is 14.5. The molecule has 3 amide bonds. The van der Waals surface area contributed by atoms with Gasteiger partial charge in [-0.25, -0.2) is 4.98 Å².